The summed E-state index contributed by atoms with van der Waals surface area (Å²) in [4.78, 5) is 40.2. The number of hydrogen-bond acceptors (Lipinski definition) is 7. The van der Waals surface area contributed by atoms with Crippen molar-refractivity contribution in [2.24, 2.45) is 0 Å². The van der Waals surface area contributed by atoms with Gasteiger partial charge < -0.3 is 4.90 Å². The third kappa shape index (κ3) is 3.96. The van der Waals surface area contributed by atoms with E-state index in [2.05, 4.69) is 0 Å². The summed E-state index contributed by atoms with van der Waals surface area (Å²) in [5, 5.41) is 1.37. The van der Waals surface area contributed by atoms with E-state index in [1.807, 2.05) is 17.5 Å². The maximum absolute atomic E-state index is 12.4. The third-order valence-corrected chi connectivity index (χ3v) is 7.61. The van der Waals surface area contributed by atoms with E-state index in [9.17, 15) is 22.8 Å². The fourth-order valence-electron chi connectivity index (χ4n) is 2.67. The first-order valence-corrected chi connectivity index (χ1v) is 11.0. The Labute approximate surface area is 153 Å². The van der Waals surface area contributed by atoms with E-state index >= 15 is 0 Å². The molecule has 2 saturated heterocycles. The summed E-state index contributed by atoms with van der Waals surface area (Å²) < 4.78 is 23.1. The van der Waals surface area contributed by atoms with Crippen molar-refractivity contribution in [3.8, 4) is 0 Å². The lowest BCUT2D eigenvalue weighted by molar-refractivity contribution is -0.136. The van der Waals surface area contributed by atoms with Crippen molar-refractivity contribution in [3.05, 3.63) is 27.3 Å². The van der Waals surface area contributed by atoms with E-state index in [0.29, 0.717) is 6.42 Å². The molecule has 0 bridgehead atoms. The lowest BCUT2D eigenvalue weighted by atomic mass is 10.2. The van der Waals surface area contributed by atoms with Crippen LogP contribution in [0, 0.1) is 0 Å². The summed E-state index contributed by atoms with van der Waals surface area (Å²) in [7, 11) is -1.61. The standard InChI is InChI=1S/C15H16N2O5S3/c1-16(10-4-6-25(21,22)9-10)13(18)8-17-14(19)12(24-15(17)20)7-11-3-2-5-23-11/h2-3,5,7,10H,4,6,8-9H2,1H3/b12-7-/t10-/m1/s1. The van der Waals surface area contributed by atoms with E-state index in [1.165, 1.54) is 23.3 Å². The Morgan fingerprint density at radius 2 is 2.20 bits per heavy atom. The summed E-state index contributed by atoms with van der Waals surface area (Å²) in [5.74, 6) is -0.957. The smallest absolute Gasteiger partial charge is 0.294 e. The number of likely N-dealkylation sites (N-methyl/N-ethyl adjacent to an activating group) is 1. The van der Waals surface area contributed by atoms with Crippen molar-refractivity contribution in [2.45, 2.75) is 12.5 Å². The molecule has 2 aliphatic heterocycles. The molecule has 0 spiro atoms. The first-order chi connectivity index (χ1) is 11.8. The van der Waals surface area contributed by atoms with Crippen LogP contribution in [-0.4, -0.2) is 66.4 Å². The molecule has 0 radical (unpaired) electrons. The van der Waals surface area contributed by atoms with Crippen LogP contribution in [0.25, 0.3) is 6.08 Å². The van der Waals surface area contributed by atoms with Gasteiger partial charge in [-0.2, -0.15) is 0 Å². The number of sulfone groups is 1. The molecule has 3 heterocycles. The zero-order valence-corrected chi connectivity index (χ0v) is 15.8. The minimum absolute atomic E-state index is 0.0560. The number of nitrogens with zero attached hydrogens (tertiary/aromatic N) is 2. The predicted octanol–water partition coefficient (Wildman–Crippen LogP) is 1.43. The molecule has 7 nitrogen and oxygen atoms in total. The molecule has 134 valence electrons. The minimum atomic E-state index is -3.11. The summed E-state index contributed by atoms with van der Waals surface area (Å²) in [6, 6.07) is 3.27. The summed E-state index contributed by atoms with van der Waals surface area (Å²) in [6.45, 7) is -0.376. The molecule has 3 rings (SSSR count). The van der Waals surface area contributed by atoms with Gasteiger partial charge in [-0.1, -0.05) is 6.07 Å². The molecule has 0 unspecified atom stereocenters. The Morgan fingerprint density at radius 1 is 1.44 bits per heavy atom. The van der Waals surface area contributed by atoms with Crippen molar-refractivity contribution in [1.82, 2.24) is 9.80 Å². The van der Waals surface area contributed by atoms with Gasteiger partial charge in [-0.05, 0) is 35.7 Å². The highest BCUT2D eigenvalue weighted by molar-refractivity contribution is 8.18. The van der Waals surface area contributed by atoms with Gasteiger partial charge in [-0.3, -0.25) is 19.3 Å². The molecule has 0 aromatic carbocycles. The van der Waals surface area contributed by atoms with Crippen LogP contribution in [0.5, 0.6) is 0 Å². The molecule has 0 aliphatic carbocycles. The Balaban J connectivity index is 1.67. The highest BCUT2D eigenvalue weighted by atomic mass is 32.2. The quantitative estimate of drug-likeness (QED) is 0.710. The lowest BCUT2D eigenvalue weighted by Gasteiger charge is -2.25. The highest BCUT2D eigenvalue weighted by Gasteiger charge is 2.39. The highest BCUT2D eigenvalue weighted by Crippen LogP contribution is 2.33. The van der Waals surface area contributed by atoms with Gasteiger partial charge in [-0.15, -0.1) is 11.3 Å². The number of thioether (sulfide) groups is 1. The molecule has 1 aromatic rings. The van der Waals surface area contributed by atoms with Crippen molar-refractivity contribution in [3.63, 3.8) is 0 Å². The molecule has 10 heteroatoms. The van der Waals surface area contributed by atoms with Gasteiger partial charge in [0.15, 0.2) is 9.84 Å². The Bertz CT molecular complexity index is 845. The first kappa shape index (κ1) is 18.2. The maximum atomic E-state index is 12.4. The molecule has 0 saturated carbocycles. The Morgan fingerprint density at radius 3 is 2.80 bits per heavy atom. The number of thiophene rings is 1. The third-order valence-electron chi connectivity index (χ3n) is 4.13. The first-order valence-electron chi connectivity index (χ1n) is 7.52. The fraction of sp³-hybridized carbons (Fsp3) is 0.400. The van der Waals surface area contributed by atoms with Gasteiger partial charge in [0.1, 0.15) is 6.54 Å². The van der Waals surface area contributed by atoms with Gasteiger partial charge in [0, 0.05) is 18.0 Å². The molecule has 25 heavy (non-hydrogen) atoms. The van der Waals surface area contributed by atoms with E-state index in [-0.39, 0.29) is 23.0 Å². The number of carbonyl (C=O) groups is 3. The largest absolute Gasteiger partial charge is 0.340 e. The molecule has 2 aliphatic rings. The van der Waals surface area contributed by atoms with Crippen molar-refractivity contribution >= 4 is 56.1 Å². The van der Waals surface area contributed by atoms with Crippen LogP contribution in [-0.2, 0) is 19.4 Å². The summed E-state index contributed by atoms with van der Waals surface area (Å²) in [5.41, 5.74) is 0. The summed E-state index contributed by atoms with van der Waals surface area (Å²) in [6.07, 6.45) is 2.01. The van der Waals surface area contributed by atoms with Gasteiger partial charge >= 0.3 is 0 Å². The Kier molecular flexibility index (Phi) is 5.03. The molecular weight excluding hydrogens is 384 g/mol. The van der Waals surface area contributed by atoms with Crippen LogP contribution in [0.2, 0.25) is 0 Å². The van der Waals surface area contributed by atoms with Gasteiger partial charge in [0.2, 0.25) is 5.91 Å². The number of rotatable bonds is 4. The molecule has 3 amide bonds. The van der Waals surface area contributed by atoms with Crippen LogP contribution < -0.4 is 0 Å². The van der Waals surface area contributed by atoms with Gasteiger partial charge in [-0.25, -0.2) is 8.42 Å². The summed E-state index contributed by atoms with van der Waals surface area (Å²) >= 11 is 2.25. The van der Waals surface area contributed by atoms with E-state index < -0.39 is 32.9 Å². The predicted molar refractivity (Wildman–Crippen MR) is 96.8 cm³/mol. The van der Waals surface area contributed by atoms with Crippen molar-refractivity contribution in [1.29, 1.82) is 0 Å². The zero-order valence-electron chi connectivity index (χ0n) is 13.4. The lowest BCUT2D eigenvalue weighted by Crippen LogP contribution is -2.45. The van der Waals surface area contributed by atoms with Crippen molar-refractivity contribution < 1.29 is 22.8 Å². The van der Waals surface area contributed by atoms with Crippen LogP contribution in [0.3, 0.4) is 0 Å². The van der Waals surface area contributed by atoms with Crippen LogP contribution in [0.4, 0.5) is 4.79 Å². The second-order valence-electron chi connectivity index (χ2n) is 5.84. The maximum Gasteiger partial charge on any atom is 0.294 e. The molecule has 2 fully saturated rings. The molecular formula is C15H16N2O5S3. The molecule has 0 N–H and O–H groups in total. The van der Waals surface area contributed by atoms with E-state index in [0.717, 1.165) is 21.5 Å². The molecule has 1 aromatic heterocycles. The van der Waals surface area contributed by atoms with Crippen LogP contribution >= 0.6 is 23.1 Å². The van der Waals surface area contributed by atoms with Gasteiger partial charge in [0.05, 0.1) is 16.4 Å². The average molecular weight is 401 g/mol. The monoisotopic (exact) mass is 400 g/mol. The number of amides is 3. The second-order valence-corrected chi connectivity index (χ2v) is 10.0. The zero-order chi connectivity index (χ0) is 18.2. The Hall–Kier alpha value is -1.65. The topological polar surface area (TPSA) is 91.8 Å². The second kappa shape index (κ2) is 6.93. The average Bonchev–Trinajstić information content (AvgIpc) is 3.24. The normalized spacial score (nSPS) is 24.3. The van der Waals surface area contributed by atoms with E-state index in [1.54, 1.807) is 6.08 Å². The fourth-order valence-corrected chi connectivity index (χ4v) is 6.01. The van der Waals surface area contributed by atoms with E-state index in [4.69, 9.17) is 0 Å². The minimum Gasteiger partial charge on any atom is -0.340 e. The number of hydrogen-bond donors (Lipinski definition) is 0. The van der Waals surface area contributed by atoms with Crippen LogP contribution in [0.15, 0.2) is 22.4 Å². The van der Waals surface area contributed by atoms with Crippen molar-refractivity contribution in [2.75, 3.05) is 25.1 Å². The number of imide groups is 1. The SMILES string of the molecule is CN(C(=O)CN1C(=O)S/C(=C\c2cccs2)C1=O)[C@@H]1CCS(=O)(=O)C1. The number of carbonyl (C=O) groups excluding carboxylic acids is 3. The van der Waals surface area contributed by atoms with Crippen LogP contribution in [0.1, 0.15) is 11.3 Å². The van der Waals surface area contributed by atoms with Gasteiger partial charge in [0.25, 0.3) is 11.1 Å². The molecule has 1 atom stereocenters.